The van der Waals surface area contributed by atoms with E-state index in [0.29, 0.717) is 26.1 Å². The fraction of sp³-hybridized carbons (Fsp3) is 0.500. The second-order valence-corrected chi connectivity index (χ2v) is 5.93. The molecule has 2 fully saturated rings. The number of hydrogen-bond donors (Lipinski definition) is 2. The van der Waals surface area contributed by atoms with Crippen LogP contribution in [0.4, 0.5) is 9.18 Å². The minimum atomic E-state index is -0.288. The number of urea groups is 1. The zero-order valence-corrected chi connectivity index (χ0v) is 12.3. The molecule has 3 rings (SSSR count). The number of carbonyl (C=O) groups is 2. The number of nitrogens with one attached hydrogen (secondary N) is 2. The first-order chi connectivity index (χ1) is 10.6. The van der Waals surface area contributed by atoms with Crippen molar-refractivity contribution in [2.24, 2.45) is 5.92 Å². The average Bonchev–Trinajstić information content (AvgIpc) is 3.26. The molecule has 1 aliphatic carbocycles. The van der Waals surface area contributed by atoms with Gasteiger partial charge in [-0.2, -0.15) is 0 Å². The quantitative estimate of drug-likeness (QED) is 0.832. The summed E-state index contributed by atoms with van der Waals surface area (Å²) < 4.78 is 13.3. The van der Waals surface area contributed by atoms with E-state index < -0.39 is 0 Å². The van der Waals surface area contributed by atoms with E-state index in [4.69, 9.17) is 0 Å². The Hall–Kier alpha value is -2.11. The number of rotatable bonds is 6. The third-order valence-electron chi connectivity index (χ3n) is 4.15. The van der Waals surface area contributed by atoms with Crippen LogP contribution in [0.15, 0.2) is 24.3 Å². The van der Waals surface area contributed by atoms with Crippen LogP contribution in [-0.2, 0) is 11.2 Å². The van der Waals surface area contributed by atoms with E-state index in [9.17, 15) is 14.0 Å². The monoisotopic (exact) mass is 305 g/mol. The summed E-state index contributed by atoms with van der Waals surface area (Å²) in [4.78, 5) is 25.4. The lowest BCUT2D eigenvalue weighted by Crippen LogP contribution is -2.47. The third kappa shape index (κ3) is 3.55. The van der Waals surface area contributed by atoms with Gasteiger partial charge in [-0.15, -0.1) is 0 Å². The highest BCUT2D eigenvalue weighted by Crippen LogP contribution is 2.28. The first-order valence-electron chi connectivity index (χ1n) is 7.70. The zero-order valence-electron chi connectivity index (χ0n) is 12.3. The van der Waals surface area contributed by atoms with Crippen molar-refractivity contribution in [2.45, 2.75) is 25.3 Å². The number of benzene rings is 1. The van der Waals surface area contributed by atoms with E-state index in [0.717, 1.165) is 18.4 Å². The topological polar surface area (TPSA) is 61.4 Å². The number of nitrogens with zero attached hydrogens (tertiary/aromatic N) is 1. The van der Waals surface area contributed by atoms with Gasteiger partial charge in [-0.25, -0.2) is 9.18 Å². The zero-order chi connectivity index (χ0) is 15.5. The smallest absolute Gasteiger partial charge is 0.317 e. The number of amides is 3. The van der Waals surface area contributed by atoms with Crippen LogP contribution in [0.25, 0.3) is 0 Å². The highest BCUT2D eigenvalue weighted by atomic mass is 19.1. The molecule has 1 aromatic carbocycles. The number of halogens is 1. The van der Waals surface area contributed by atoms with Crippen LogP contribution >= 0.6 is 0 Å². The summed E-state index contributed by atoms with van der Waals surface area (Å²) in [5, 5.41) is 5.69. The molecule has 5 nitrogen and oxygen atoms in total. The molecule has 1 heterocycles. The molecule has 1 atom stereocenters. The molecule has 1 aliphatic heterocycles. The SMILES string of the molecule is O=C(NCC(Cc1cccc(F)c1)N1CCNC1=O)C1CC1. The van der Waals surface area contributed by atoms with E-state index in [2.05, 4.69) is 10.6 Å². The van der Waals surface area contributed by atoms with Crippen molar-refractivity contribution in [3.63, 3.8) is 0 Å². The first-order valence-corrected chi connectivity index (χ1v) is 7.70. The molecule has 1 saturated heterocycles. The van der Waals surface area contributed by atoms with Gasteiger partial charge in [-0.1, -0.05) is 12.1 Å². The Kier molecular flexibility index (Phi) is 4.27. The maximum atomic E-state index is 13.3. The summed E-state index contributed by atoms with van der Waals surface area (Å²) in [6, 6.07) is 6.09. The lowest BCUT2D eigenvalue weighted by molar-refractivity contribution is -0.122. The molecule has 1 saturated carbocycles. The molecule has 3 amide bonds. The summed E-state index contributed by atoms with van der Waals surface area (Å²) in [6.07, 6.45) is 2.42. The van der Waals surface area contributed by atoms with Crippen molar-refractivity contribution in [1.29, 1.82) is 0 Å². The third-order valence-corrected chi connectivity index (χ3v) is 4.15. The predicted octanol–water partition coefficient (Wildman–Crippen LogP) is 1.29. The average molecular weight is 305 g/mol. The lowest BCUT2D eigenvalue weighted by atomic mass is 10.0. The van der Waals surface area contributed by atoms with Gasteiger partial charge in [-0.3, -0.25) is 4.79 Å². The maximum absolute atomic E-state index is 13.3. The molecule has 0 spiro atoms. The Balaban J connectivity index is 1.67. The van der Waals surface area contributed by atoms with Gasteiger partial charge in [0.1, 0.15) is 5.82 Å². The van der Waals surface area contributed by atoms with Gasteiger partial charge in [-0.05, 0) is 37.0 Å². The van der Waals surface area contributed by atoms with Crippen molar-refractivity contribution in [3.05, 3.63) is 35.6 Å². The van der Waals surface area contributed by atoms with E-state index in [-0.39, 0.29) is 29.7 Å². The molecule has 1 aromatic rings. The van der Waals surface area contributed by atoms with Crippen LogP contribution in [-0.4, -0.2) is 42.5 Å². The van der Waals surface area contributed by atoms with Gasteiger partial charge in [0, 0.05) is 25.6 Å². The molecule has 6 heteroatoms. The van der Waals surface area contributed by atoms with E-state index >= 15 is 0 Å². The molecule has 1 unspecified atom stereocenters. The molecular weight excluding hydrogens is 285 g/mol. The van der Waals surface area contributed by atoms with Crippen molar-refractivity contribution in [3.8, 4) is 0 Å². The molecule has 0 aromatic heterocycles. The molecule has 22 heavy (non-hydrogen) atoms. The van der Waals surface area contributed by atoms with Crippen LogP contribution in [0.3, 0.4) is 0 Å². The Labute approximate surface area is 128 Å². The van der Waals surface area contributed by atoms with Crippen LogP contribution < -0.4 is 10.6 Å². The summed E-state index contributed by atoms with van der Waals surface area (Å²) in [7, 11) is 0. The maximum Gasteiger partial charge on any atom is 0.317 e. The van der Waals surface area contributed by atoms with E-state index in [1.54, 1.807) is 11.0 Å². The Morgan fingerprint density at radius 3 is 2.91 bits per heavy atom. The number of carbonyl (C=O) groups excluding carboxylic acids is 2. The minimum Gasteiger partial charge on any atom is -0.354 e. The Bertz CT molecular complexity index is 574. The van der Waals surface area contributed by atoms with Gasteiger partial charge in [0.25, 0.3) is 0 Å². The van der Waals surface area contributed by atoms with Crippen molar-refractivity contribution in [1.82, 2.24) is 15.5 Å². The second kappa shape index (κ2) is 6.34. The normalized spacial score (nSPS) is 19.0. The van der Waals surface area contributed by atoms with Gasteiger partial charge >= 0.3 is 6.03 Å². The van der Waals surface area contributed by atoms with Crippen molar-refractivity contribution in [2.75, 3.05) is 19.6 Å². The van der Waals surface area contributed by atoms with Crippen molar-refractivity contribution < 1.29 is 14.0 Å². The number of hydrogen-bond acceptors (Lipinski definition) is 2. The molecule has 0 bridgehead atoms. The van der Waals surface area contributed by atoms with Crippen molar-refractivity contribution >= 4 is 11.9 Å². The molecule has 118 valence electrons. The van der Waals surface area contributed by atoms with E-state index in [1.165, 1.54) is 12.1 Å². The Morgan fingerprint density at radius 1 is 1.45 bits per heavy atom. The van der Waals surface area contributed by atoms with Gasteiger partial charge in [0.05, 0.1) is 6.04 Å². The van der Waals surface area contributed by atoms with Gasteiger partial charge in [0.2, 0.25) is 5.91 Å². The fourth-order valence-electron chi connectivity index (χ4n) is 2.77. The van der Waals surface area contributed by atoms with Gasteiger partial charge in [0.15, 0.2) is 0 Å². The second-order valence-electron chi connectivity index (χ2n) is 5.93. The summed E-state index contributed by atoms with van der Waals surface area (Å²) >= 11 is 0. The standard InChI is InChI=1S/C16H20FN3O2/c17-13-3-1-2-11(8-13)9-14(20-7-6-18-16(20)22)10-19-15(21)12-4-5-12/h1-3,8,12,14H,4-7,9-10H2,(H,18,22)(H,19,21). The minimum absolute atomic E-state index is 0.0591. The lowest BCUT2D eigenvalue weighted by Gasteiger charge is -2.27. The van der Waals surface area contributed by atoms with Gasteiger partial charge < -0.3 is 15.5 Å². The van der Waals surface area contributed by atoms with E-state index in [1.807, 2.05) is 6.07 Å². The van der Waals surface area contributed by atoms with Crippen LogP contribution in [0, 0.1) is 11.7 Å². The highest BCUT2D eigenvalue weighted by Gasteiger charge is 2.32. The Morgan fingerprint density at radius 2 is 2.27 bits per heavy atom. The molecule has 2 aliphatic rings. The van der Waals surface area contributed by atoms with Crippen LogP contribution in [0.1, 0.15) is 18.4 Å². The molecule has 0 radical (unpaired) electrons. The molecular formula is C16H20FN3O2. The largest absolute Gasteiger partial charge is 0.354 e. The first kappa shape index (κ1) is 14.8. The highest BCUT2D eigenvalue weighted by molar-refractivity contribution is 5.81. The summed E-state index contributed by atoms with van der Waals surface area (Å²) in [6.45, 7) is 1.62. The predicted molar refractivity (Wildman–Crippen MR) is 79.7 cm³/mol. The van der Waals surface area contributed by atoms with Crippen LogP contribution in [0.5, 0.6) is 0 Å². The molecule has 2 N–H and O–H groups in total. The fourth-order valence-corrected chi connectivity index (χ4v) is 2.77. The summed E-state index contributed by atoms with van der Waals surface area (Å²) in [5.41, 5.74) is 0.824. The summed E-state index contributed by atoms with van der Waals surface area (Å²) in [5.74, 6) is -0.0878. The van der Waals surface area contributed by atoms with Crippen LogP contribution in [0.2, 0.25) is 0 Å².